The molecule has 0 aromatic heterocycles. The van der Waals surface area contributed by atoms with Gasteiger partial charge in [-0.15, -0.1) is 0 Å². The molecule has 0 bridgehead atoms. The third kappa shape index (κ3) is 14.2. The smallest absolute Gasteiger partial charge is 0.325 e. The Labute approximate surface area is 222 Å². The normalized spacial score (nSPS) is 15.9. The van der Waals surface area contributed by atoms with Crippen molar-refractivity contribution in [3.63, 3.8) is 0 Å². The standard InChI is InChI=1S/C22H45N9O7/c1-11(24)17(33)29-15(8-6-10-27-22(25)26)19(35)31-16(13(3)32)20(36)30-14(7-4-5-9-23)18(34)28-12(2)21(37)38/h11-16,22,27,32H,4-10,23-26H2,1-3H3,(H,28,34)(H,29,33)(H,30,36)(H,31,35)(H,37,38)/p+2/t11-,12-,13+,14-,15-,16-/m0/s1. The fraction of sp³-hybridized carbons (Fsp3) is 0.773. The summed E-state index contributed by atoms with van der Waals surface area (Å²) in [6.45, 7) is 5.08. The Hall–Kier alpha value is -2.89. The lowest BCUT2D eigenvalue weighted by atomic mass is 10.0. The number of carbonyl (C=O) groups is 5. The highest BCUT2D eigenvalue weighted by Gasteiger charge is 2.33. The van der Waals surface area contributed by atoms with Gasteiger partial charge in [-0.25, -0.2) is 0 Å². The van der Waals surface area contributed by atoms with Crippen LogP contribution < -0.4 is 49.5 Å². The average molecular weight is 550 g/mol. The van der Waals surface area contributed by atoms with Crippen molar-refractivity contribution < 1.29 is 45.7 Å². The number of nitrogens with one attached hydrogen (secondary N) is 5. The number of nitrogens with two attached hydrogens (primary N) is 2. The molecule has 16 heteroatoms. The van der Waals surface area contributed by atoms with Crippen LogP contribution in [0, 0.1) is 0 Å². The quantitative estimate of drug-likeness (QED) is 0.0535. The molecule has 0 aliphatic carbocycles. The Balaban J connectivity index is 5.57. The molecule has 0 aromatic rings. The lowest BCUT2D eigenvalue weighted by molar-refractivity contribution is -0.398. The second-order valence-corrected chi connectivity index (χ2v) is 9.29. The van der Waals surface area contributed by atoms with Crippen molar-refractivity contribution in [2.24, 2.45) is 11.5 Å². The van der Waals surface area contributed by atoms with E-state index >= 15 is 0 Å². The molecule has 38 heavy (non-hydrogen) atoms. The molecular formula is C22H47N9O7+2. The minimum Gasteiger partial charge on any atom is -0.480 e. The Morgan fingerprint density at radius 2 is 1.32 bits per heavy atom. The molecule has 0 unspecified atom stereocenters. The number of rotatable bonds is 19. The maximum atomic E-state index is 13.0. The molecule has 0 saturated heterocycles. The molecule has 16 nitrogen and oxygen atoms in total. The van der Waals surface area contributed by atoms with Gasteiger partial charge in [-0.05, 0) is 59.4 Å². The first-order valence-corrected chi connectivity index (χ1v) is 12.7. The predicted octanol–water partition coefficient (Wildman–Crippen LogP) is -5.98. The summed E-state index contributed by atoms with van der Waals surface area (Å²) in [5.41, 5.74) is 18.2. The summed E-state index contributed by atoms with van der Waals surface area (Å²) >= 11 is 0. The van der Waals surface area contributed by atoms with E-state index in [0.29, 0.717) is 32.4 Å². The second kappa shape index (κ2) is 18.4. The van der Waals surface area contributed by atoms with Crippen molar-refractivity contribution in [1.82, 2.24) is 26.6 Å². The number of amides is 4. The van der Waals surface area contributed by atoms with E-state index in [1.54, 1.807) is 6.92 Å². The predicted molar refractivity (Wildman–Crippen MR) is 136 cm³/mol. The molecule has 6 atom stereocenters. The number of aliphatic hydroxyl groups excluding tert-OH is 1. The molecule has 220 valence electrons. The molecule has 0 heterocycles. The molecule has 0 rings (SSSR count). The summed E-state index contributed by atoms with van der Waals surface area (Å²) in [5.74, 6) is -4.02. The molecule has 0 saturated carbocycles. The molecule has 0 aliphatic heterocycles. The van der Waals surface area contributed by atoms with E-state index in [2.05, 4.69) is 38.1 Å². The number of aliphatic hydroxyl groups is 1. The van der Waals surface area contributed by atoms with E-state index in [-0.39, 0.29) is 12.8 Å². The fourth-order valence-electron chi connectivity index (χ4n) is 3.25. The number of unbranched alkanes of at least 4 members (excludes halogenated alkanes) is 1. The van der Waals surface area contributed by atoms with Crippen LogP contribution in [0.25, 0.3) is 0 Å². The van der Waals surface area contributed by atoms with Crippen molar-refractivity contribution in [2.75, 3.05) is 13.1 Å². The van der Waals surface area contributed by atoms with Crippen molar-refractivity contribution in [1.29, 1.82) is 0 Å². The van der Waals surface area contributed by atoms with Gasteiger partial charge in [0.2, 0.25) is 17.7 Å². The van der Waals surface area contributed by atoms with E-state index in [1.807, 2.05) is 0 Å². The van der Waals surface area contributed by atoms with Crippen LogP contribution in [-0.4, -0.2) is 95.5 Å². The SMILES string of the molecule is C[C@H]([NH3+])C(=O)N[C@@H](CCCNC(N)N)C(=O)N[C@H](C(=O)N[C@@H](CCCC[NH3+])C(=O)N[C@@H](C)C(=O)O)[C@@H](C)O. The molecule has 0 aliphatic rings. The summed E-state index contributed by atoms with van der Waals surface area (Å²) in [5, 5.41) is 31.9. The highest BCUT2D eigenvalue weighted by Crippen LogP contribution is 2.05. The molecule has 4 amide bonds. The largest absolute Gasteiger partial charge is 0.480 e. The number of hydrogen-bond donors (Lipinski definition) is 11. The lowest BCUT2D eigenvalue weighted by Gasteiger charge is -2.27. The first-order valence-electron chi connectivity index (χ1n) is 12.7. The number of aliphatic carboxylic acids is 1. The van der Waals surface area contributed by atoms with Crippen LogP contribution in [0.4, 0.5) is 0 Å². The van der Waals surface area contributed by atoms with Gasteiger partial charge >= 0.3 is 5.97 Å². The lowest BCUT2D eigenvalue weighted by Crippen LogP contribution is -2.68. The topological polar surface area (TPSA) is 293 Å². The number of carboxylic acid groups (broad SMARTS) is 1. The zero-order valence-corrected chi connectivity index (χ0v) is 22.5. The molecular weight excluding hydrogens is 502 g/mol. The second-order valence-electron chi connectivity index (χ2n) is 9.29. The van der Waals surface area contributed by atoms with Gasteiger partial charge in [0.05, 0.1) is 12.6 Å². The highest BCUT2D eigenvalue weighted by atomic mass is 16.4. The summed E-state index contributed by atoms with van der Waals surface area (Å²) in [7, 11) is 0. The Bertz CT molecular complexity index is 780. The maximum absolute atomic E-state index is 13.0. The molecule has 0 fully saturated rings. The van der Waals surface area contributed by atoms with Gasteiger partial charge in [-0.1, -0.05) is 0 Å². The highest BCUT2D eigenvalue weighted by molar-refractivity contribution is 5.95. The molecule has 0 spiro atoms. The van der Waals surface area contributed by atoms with Crippen LogP contribution in [-0.2, 0) is 24.0 Å². The minimum atomic E-state index is -1.46. The summed E-state index contributed by atoms with van der Waals surface area (Å²) in [6.07, 6.45) is -0.167. The Morgan fingerprint density at radius 1 is 0.789 bits per heavy atom. The average Bonchev–Trinajstić information content (AvgIpc) is 2.82. The monoisotopic (exact) mass is 549 g/mol. The van der Waals surface area contributed by atoms with Crippen LogP contribution in [0.1, 0.15) is 52.9 Å². The molecule has 17 N–H and O–H groups in total. The fourth-order valence-corrected chi connectivity index (χ4v) is 3.25. The van der Waals surface area contributed by atoms with Crippen molar-refractivity contribution in [3.05, 3.63) is 0 Å². The zero-order chi connectivity index (χ0) is 29.4. The number of carboxylic acids is 1. The van der Waals surface area contributed by atoms with Crippen LogP contribution in [0.2, 0.25) is 0 Å². The summed E-state index contributed by atoms with van der Waals surface area (Å²) < 4.78 is 0. The third-order valence-electron chi connectivity index (χ3n) is 5.55. The van der Waals surface area contributed by atoms with Gasteiger partial charge in [-0.2, -0.15) is 0 Å². The van der Waals surface area contributed by atoms with Crippen molar-refractivity contribution >= 4 is 29.6 Å². The van der Waals surface area contributed by atoms with Crippen LogP contribution in [0.15, 0.2) is 0 Å². The van der Waals surface area contributed by atoms with Gasteiger partial charge in [0.1, 0.15) is 30.5 Å². The van der Waals surface area contributed by atoms with Gasteiger partial charge in [-0.3, -0.25) is 29.3 Å². The van der Waals surface area contributed by atoms with E-state index in [9.17, 15) is 29.1 Å². The third-order valence-corrected chi connectivity index (χ3v) is 5.55. The number of quaternary nitrogens is 2. The zero-order valence-electron chi connectivity index (χ0n) is 22.5. The first kappa shape index (κ1) is 35.1. The van der Waals surface area contributed by atoms with Gasteiger partial charge in [0.25, 0.3) is 5.91 Å². The molecule has 0 aromatic carbocycles. The maximum Gasteiger partial charge on any atom is 0.325 e. The van der Waals surface area contributed by atoms with E-state index in [4.69, 9.17) is 16.6 Å². The minimum absolute atomic E-state index is 0.168. The van der Waals surface area contributed by atoms with Gasteiger partial charge in [0, 0.05) is 0 Å². The number of carbonyl (C=O) groups excluding carboxylic acids is 4. The molecule has 0 radical (unpaired) electrons. The van der Waals surface area contributed by atoms with Crippen molar-refractivity contribution in [2.45, 2.75) is 95.5 Å². The van der Waals surface area contributed by atoms with E-state index in [0.717, 1.165) is 0 Å². The van der Waals surface area contributed by atoms with Crippen molar-refractivity contribution in [3.8, 4) is 0 Å². The van der Waals surface area contributed by atoms with Crippen LogP contribution in [0.3, 0.4) is 0 Å². The first-order chi connectivity index (χ1) is 17.7. The van der Waals surface area contributed by atoms with E-state index < -0.39 is 72.2 Å². The van der Waals surface area contributed by atoms with Crippen LogP contribution in [0.5, 0.6) is 0 Å². The van der Waals surface area contributed by atoms with Crippen LogP contribution >= 0.6 is 0 Å². The summed E-state index contributed by atoms with van der Waals surface area (Å²) in [6, 6.07) is -5.46. The van der Waals surface area contributed by atoms with Gasteiger partial charge in [0.15, 0.2) is 6.04 Å². The Kier molecular flexibility index (Phi) is 17.0. The number of hydrogen-bond acceptors (Lipinski definition) is 9. The van der Waals surface area contributed by atoms with Gasteiger partial charge < -0.3 is 54.4 Å². The summed E-state index contributed by atoms with van der Waals surface area (Å²) in [4.78, 5) is 62.1. The van der Waals surface area contributed by atoms with E-state index in [1.165, 1.54) is 13.8 Å². The Morgan fingerprint density at radius 3 is 1.79 bits per heavy atom.